The molecule has 0 spiro atoms. The molecular formula is C35H32F2N2O7. The number of hydrogen-bond acceptors (Lipinski definition) is 7. The molecule has 0 radical (unpaired) electrons. The number of aliphatic hydroxyl groups excluding tert-OH is 1. The van der Waals surface area contributed by atoms with Crippen molar-refractivity contribution in [2.24, 2.45) is 0 Å². The second-order valence-corrected chi connectivity index (χ2v) is 10.9. The molecule has 0 saturated heterocycles. The van der Waals surface area contributed by atoms with Crippen molar-refractivity contribution in [2.75, 3.05) is 6.61 Å². The van der Waals surface area contributed by atoms with E-state index in [4.69, 9.17) is 9.15 Å². The van der Waals surface area contributed by atoms with Crippen LogP contribution in [0.3, 0.4) is 0 Å². The SMILES string of the molecule is CCOC(=O)C[C@H](NC(=O)C(c1cc(CO)ccc1F)n1ccc2occc2c1=O)c1cc(-c2c(C)cccc2O)cc(C)c1F. The van der Waals surface area contributed by atoms with Crippen molar-refractivity contribution in [1.29, 1.82) is 0 Å². The third kappa shape index (κ3) is 6.27. The van der Waals surface area contributed by atoms with Gasteiger partial charge in [0.1, 0.15) is 29.0 Å². The maximum absolute atomic E-state index is 15.9. The van der Waals surface area contributed by atoms with Crippen LogP contribution in [-0.4, -0.2) is 33.3 Å². The van der Waals surface area contributed by atoms with Gasteiger partial charge in [0.2, 0.25) is 5.91 Å². The Labute approximate surface area is 262 Å². The molecule has 1 amide bonds. The van der Waals surface area contributed by atoms with E-state index in [-0.39, 0.29) is 45.6 Å². The number of aromatic hydroxyl groups is 1. The first-order valence-electron chi connectivity index (χ1n) is 14.6. The van der Waals surface area contributed by atoms with Gasteiger partial charge in [-0.05, 0) is 85.5 Å². The number of pyridine rings is 1. The van der Waals surface area contributed by atoms with Crippen LogP contribution in [0.4, 0.5) is 8.78 Å². The van der Waals surface area contributed by atoms with Crippen LogP contribution in [0.25, 0.3) is 22.1 Å². The molecule has 0 bridgehead atoms. The molecule has 5 aromatic rings. The number of phenolic OH excluding ortho intramolecular Hbond substituents is 1. The topological polar surface area (TPSA) is 131 Å². The van der Waals surface area contributed by atoms with E-state index >= 15 is 8.78 Å². The molecule has 2 aromatic heterocycles. The summed E-state index contributed by atoms with van der Waals surface area (Å²) >= 11 is 0. The average Bonchev–Trinajstić information content (AvgIpc) is 3.50. The van der Waals surface area contributed by atoms with Crippen molar-refractivity contribution in [3.63, 3.8) is 0 Å². The number of ether oxygens (including phenoxy) is 1. The third-order valence-corrected chi connectivity index (χ3v) is 7.80. The van der Waals surface area contributed by atoms with Crippen molar-refractivity contribution < 1.29 is 37.7 Å². The van der Waals surface area contributed by atoms with E-state index in [0.29, 0.717) is 16.7 Å². The van der Waals surface area contributed by atoms with Gasteiger partial charge in [0.15, 0.2) is 0 Å². The van der Waals surface area contributed by atoms with Crippen LogP contribution >= 0.6 is 0 Å². The standard InChI is InChI=1S/C35H32F2N2O7/c1-4-45-30(42)17-27(25-16-22(14-20(3)32(25)37)31-19(2)6-5-7-28(31)41)38-34(43)33(24-15-21(18-40)8-9-26(24)36)39-12-10-29-23(35(39)44)11-13-46-29/h5-16,27,33,40-41H,4,17-18H2,1-3H3,(H,38,43)/t27-,33?/m0/s1. The second kappa shape index (κ2) is 13.4. The summed E-state index contributed by atoms with van der Waals surface area (Å²) < 4.78 is 42.8. The van der Waals surface area contributed by atoms with Crippen LogP contribution in [0, 0.1) is 25.5 Å². The van der Waals surface area contributed by atoms with Crippen LogP contribution in [0.1, 0.15) is 53.2 Å². The van der Waals surface area contributed by atoms with Crippen molar-refractivity contribution in [2.45, 2.75) is 45.9 Å². The molecule has 2 heterocycles. The Balaban J connectivity index is 1.67. The molecule has 2 atom stereocenters. The highest BCUT2D eigenvalue weighted by Gasteiger charge is 2.32. The Morgan fingerprint density at radius 3 is 2.52 bits per heavy atom. The van der Waals surface area contributed by atoms with Gasteiger partial charge in [-0.25, -0.2) is 8.78 Å². The number of nitrogens with one attached hydrogen (secondary N) is 1. The lowest BCUT2D eigenvalue weighted by molar-refractivity contribution is -0.143. The fourth-order valence-corrected chi connectivity index (χ4v) is 5.60. The van der Waals surface area contributed by atoms with E-state index in [9.17, 15) is 24.6 Å². The number of aryl methyl sites for hydroxylation is 2. The summed E-state index contributed by atoms with van der Waals surface area (Å²) in [6.07, 6.45) is 2.08. The Hall–Kier alpha value is -5.29. The maximum atomic E-state index is 15.9. The molecule has 1 unspecified atom stereocenters. The largest absolute Gasteiger partial charge is 0.507 e. The molecule has 0 saturated carbocycles. The number of esters is 1. The second-order valence-electron chi connectivity index (χ2n) is 10.9. The van der Waals surface area contributed by atoms with E-state index < -0.39 is 54.2 Å². The monoisotopic (exact) mass is 630 g/mol. The lowest BCUT2D eigenvalue weighted by Gasteiger charge is -2.26. The predicted octanol–water partition coefficient (Wildman–Crippen LogP) is 5.75. The number of hydrogen-bond donors (Lipinski definition) is 3. The Morgan fingerprint density at radius 2 is 1.80 bits per heavy atom. The smallest absolute Gasteiger partial charge is 0.308 e. The van der Waals surface area contributed by atoms with Crippen molar-refractivity contribution >= 4 is 22.8 Å². The van der Waals surface area contributed by atoms with Gasteiger partial charge in [-0.2, -0.15) is 0 Å². The Morgan fingerprint density at radius 1 is 1.02 bits per heavy atom. The summed E-state index contributed by atoms with van der Waals surface area (Å²) in [6, 6.07) is 11.5. The molecular weight excluding hydrogens is 598 g/mol. The van der Waals surface area contributed by atoms with Gasteiger partial charge in [-0.1, -0.05) is 18.2 Å². The van der Waals surface area contributed by atoms with Gasteiger partial charge in [0.05, 0.1) is 37.3 Å². The Bertz CT molecular complexity index is 1980. The van der Waals surface area contributed by atoms with Crippen LogP contribution in [0.15, 0.2) is 82.3 Å². The summed E-state index contributed by atoms with van der Waals surface area (Å²) in [6.45, 7) is 4.45. The van der Waals surface area contributed by atoms with Crippen molar-refractivity contribution in [3.8, 4) is 16.9 Å². The normalized spacial score (nSPS) is 12.6. The van der Waals surface area contributed by atoms with Gasteiger partial charge >= 0.3 is 5.97 Å². The van der Waals surface area contributed by atoms with Crippen LogP contribution in [-0.2, 0) is 20.9 Å². The van der Waals surface area contributed by atoms with Crippen LogP contribution in [0.5, 0.6) is 5.75 Å². The van der Waals surface area contributed by atoms with E-state index in [0.717, 1.165) is 10.6 Å². The minimum atomic E-state index is -1.64. The first-order valence-corrected chi connectivity index (χ1v) is 14.6. The number of halogens is 2. The van der Waals surface area contributed by atoms with E-state index in [1.165, 1.54) is 55.8 Å². The van der Waals surface area contributed by atoms with E-state index in [1.54, 1.807) is 32.0 Å². The number of nitrogens with zero attached hydrogens (tertiary/aromatic N) is 1. The molecule has 46 heavy (non-hydrogen) atoms. The molecule has 0 aliphatic carbocycles. The van der Waals surface area contributed by atoms with Crippen molar-refractivity contribution in [1.82, 2.24) is 9.88 Å². The number of carbonyl (C=O) groups is 2. The van der Waals surface area contributed by atoms with Gasteiger partial charge < -0.3 is 24.7 Å². The molecule has 0 fully saturated rings. The number of benzene rings is 3. The van der Waals surface area contributed by atoms with E-state index in [2.05, 4.69) is 5.32 Å². The van der Waals surface area contributed by atoms with Gasteiger partial charge in [-0.15, -0.1) is 0 Å². The summed E-state index contributed by atoms with van der Waals surface area (Å²) in [4.78, 5) is 40.6. The highest BCUT2D eigenvalue weighted by molar-refractivity contribution is 5.86. The van der Waals surface area contributed by atoms with Gasteiger partial charge in [0.25, 0.3) is 5.56 Å². The van der Waals surface area contributed by atoms with E-state index in [1.807, 2.05) is 0 Å². The quantitative estimate of drug-likeness (QED) is 0.167. The summed E-state index contributed by atoms with van der Waals surface area (Å²) in [7, 11) is 0. The summed E-state index contributed by atoms with van der Waals surface area (Å²) in [5, 5.41) is 23.2. The fourth-order valence-electron chi connectivity index (χ4n) is 5.60. The average molecular weight is 631 g/mol. The molecule has 238 valence electrons. The number of rotatable bonds is 10. The summed E-state index contributed by atoms with van der Waals surface area (Å²) in [5.41, 5.74) is 1.30. The third-order valence-electron chi connectivity index (χ3n) is 7.80. The molecule has 0 aliphatic rings. The van der Waals surface area contributed by atoms with Crippen molar-refractivity contribution in [3.05, 3.63) is 123 Å². The first kappa shape index (κ1) is 32.1. The Kier molecular flexibility index (Phi) is 9.33. The molecule has 3 N–H and O–H groups in total. The number of phenols is 1. The highest BCUT2D eigenvalue weighted by atomic mass is 19.1. The molecule has 5 rings (SSSR count). The lowest BCUT2D eigenvalue weighted by atomic mass is 9.92. The molecule has 9 nitrogen and oxygen atoms in total. The number of amides is 1. The minimum Gasteiger partial charge on any atom is -0.507 e. The number of aromatic nitrogens is 1. The zero-order valence-corrected chi connectivity index (χ0v) is 25.3. The highest BCUT2D eigenvalue weighted by Crippen LogP contribution is 2.36. The molecule has 11 heteroatoms. The van der Waals surface area contributed by atoms with Crippen LogP contribution < -0.4 is 10.9 Å². The van der Waals surface area contributed by atoms with Gasteiger partial charge in [-0.3, -0.25) is 19.0 Å². The molecule has 0 aliphatic heterocycles. The fraction of sp³-hybridized carbons (Fsp3) is 0.229. The van der Waals surface area contributed by atoms with Gasteiger partial charge in [0, 0.05) is 22.9 Å². The first-order chi connectivity index (χ1) is 22.0. The number of carbonyl (C=O) groups excluding carboxylic acids is 2. The zero-order chi connectivity index (χ0) is 33.1. The minimum absolute atomic E-state index is 0.0278. The zero-order valence-electron chi connectivity index (χ0n) is 25.3. The maximum Gasteiger partial charge on any atom is 0.308 e. The summed E-state index contributed by atoms with van der Waals surface area (Å²) in [5.74, 6) is -3.27. The van der Waals surface area contributed by atoms with Crippen LogP contribution in [0.2, 0.25) is 0 Å². The lowest BCUT2D eigenvalue weighted by Crippen LogP contribution is -2.40. The number of aliphatic hydroxyl groups is 1. The molecule has 3 aromatic carbocycles. The predicted molar refractivity (Wildman–Crippen MR) is 166 cm³/mol. The number of furan rings is 1. The number of fused-ring (bicyclic) bond motifs is 1.